The lowest BCUT2D eigenvalue weighted by Gasteiger charge is -2.47. The van der Waals surface area contributed by atoms with Crippen molar-refractivity contribution in [1.82, 2.24) is 0 Å². The molecule has 0 N–H and O–H groups in total. The molecule has 2 aromatic carbocycles. The summed E-state index contributed by atoms with van der Waals surface area (Å²) in [6, 6.07) is 14.1. The zero-order valence-corrected chi connectivity index (χ0v) is 13.8. The molecule has 1 spiro atoms. The maximum absolute atomic E-state index is 2.44. The summed E-state index contributed by atoms with van der Waals surface area (Å²) < 4.78 is 0. The normalized spacial score (nSPS) is 32.8. The Bertz CT molecular complexity index is 1100. The van der Waals surface area contributed by atoms with Crippen LogP contribution in [0.3, 0.4) is 0 Å². The zero-order chi connectivity index (χ0) is 15.9. The van der Waals surface area contributed by atoms with Crippen molar-refractivity contribution >= 4 is 11.1 Å². The molecule has 0 aromatic heterocycles. The van der Waals surface area contributed by atoms with Crippen LogP contribution in [0.5, 0.6) is 0 Å². The summed E-state index contributed by atoms with van der Waals surface area (Å²) in [6.45, 7) is 0. The molecule has 8 rings (SSSR count). The highest BCUT2D eigenvalue weighted by Crippen LogP contribution is 2.74. The number of allylic oxidation sites excluding steroid dienone is 8. The van der Waals surface area contributed by atoms with Crippen molar-refractivity contribution < 1.29 is 0 Å². The van der Waals surface area contributed by atoms with Crippen LogP contribution in [-0.2, 0) is 18.3 Å². The van der Waals surface area contributed by atoms with E-state index in [9.17, 15) is 0 Å². The van der Waals surface area contributed by atoms with E-state index in [0.29, 0.717) is 11.8 Å². The third-order valence-electron chi connectivity index (χ3n) is 7.77. The second-order valence-electron chi connectivity index (χ2n) is 8.50. The minimum atomic E-state index is 0.163. The van der Waals surface area contributed by atoms with Crippen molar-refractivity contribution in [2.45, 2.75) is 18.3 Å². The Hall–Kier alpha value is -2.60. The van der Waals surface area contributed by atoms with E-state index in [2.05, 4.69) is 60.7 Å². The van der Waals surface area contributed by atoms with Gasteiger partial charge in [0.05, 0.1) is 0 Å². The smallest absolute Gasteiger partial charge is 0.0432 e. The van der Waals surface area contributed by atoms with E-state index >= 15 is 0 Å². The molecule has 2 atom stereocenters. The highest BCUT2D eigenvalue weighted by molar-refractivity contribution is 5.97. The Kier molecular flexibility index (Phi) is 1.60. The number of rotatable bonds is 0. The van der Waals surface area contributed by atoms with Crippen LogP contribution in [0, 0.1) is 11.8 Å². The van der Waals surface area contributed by atoms with Crippen LogP contribution in [0.25, 0.3) is 11.1 Å². The molecule has 0 radical (unpaired) electrons. The minimum Gasteiger partial charge on any atom is -0.0617 e. The van der Waals surface area contributed by atoms with E-state index in [1.807, 2.05) is 0 Å². The Morgan fingerprint density at radius 1 is 0.640 bits per heavy atom. The molecule has 0 amide bonds. The molecular formula is C25H16. The van der Waals surface area contributed by atoms with Crippen molar-refractivity contribution in [3.63, 3.8) is 0 Å². The standard InChI is InChI=1S/C25H16/c1-3-13-11-15-8-10-20-18-6-2-4-14-12-16-7-9-19-17(5-1)21(13)25(22(14)18,23(16)19)24(15)20/h1-10,23-24H,11-12H2. The number of hydrogen-bond acceptors (Lipinski definition) is 0. The summed E-state index contributed by atoms with van der Waals surface area (Å²) in [6.07, 6.45) is 12.0. The molecule has 0 saturated carbocycles. The van der Waals surface area contributed by atoms with Crippen molar-refractivity contribution in [1.29, 1.82) is 0 Å². The molecule has 6 aliphatic carbocycles. The Morgan fingerprint density at radius 2 is 1.16 bits per heavy atom. The van der Waals surface area contributed by atoms with Gasteiger partial charge in [0.25, 0.3) is 0 Å². The average molecular weight is 316 g/mol. The van der Waals surface area contributed by atoms with Crippen molar-refractivity contribution in [3.05, 3.63) is 105 Å². The van der Waals surface area contributed by atoms with Crippen molar-refractivity contribution in [2.24, 2.45) is 11.8 Å². The molecule has 0 heterocycles. The topological polar surface area (TPSA) is 0 Å². The number of hydrogen-bond donors (Lipinski definition) is 0. The summed E-state index contributed by atoms with van der Waals surface area (Å²) >= 11 is 0. The van der Waals surface area contributed by atoms with Crippen LogP contribution in [-0.4, -0.2) is 0 Å². The van der Waals surface area contributed by atoms with Gasteiger partial charge in [-0.1, -0.05) is 71.8 Å². The van der Waals surface area contributed by atoms with E-state index in [1.165, 1.54) is 0 Å². The number of benzene rings is 2. The summed E-state index contributed by atoms with van der Waals surface area (Å²) in [7, 11) is 0. The monoisotopic (exact) mass is 316 g/mol. The summed E-state index contributed by atoms with van der Waals surface area (Å²) in [5.41, 5.74) is 16.3. The van der Waals surface area contributed by atoms with Gasteiger partial charge in [0, 0.05) is 17.3 Å². The second-order valence-corrected chi connectivity index (χ2v) is 8.50. The van der Waals surface area contributed by atoms with E-state index in [-0.39, 0.29) is 5.41 Å². The maximum Gasteiger partial charge on any atom is 0.0432 e. The summed E-state index contributed by atoms with van der Waals surface area (Å²) in [5.74, 6) is 1.16. The highest BCUT2D eigenvalue weighted by Gasteiger charge is 2.67. The van der Waals surface area contributed by atoms with Gasteiger partial charge < -0.3 is 0 Å². The predicted octanol–water partition coefficient (Wildman–Crippen LogP) is 4.99. The summed E-state index contributed by atoms with van der Waals surface area (Å²) in [4.78, 5) is 0. The van der Waals surface area contributed by atoms with Gasteiger partial charge in [-0.3, -0.25) is 0 Å². The molecule has 0 aliphatic heterocycles. The highest BCUT2D eigenvalue weighted by atomic mass is 14.7. The zero-order valence-electron chi connectivity index (χ0n) is 13.8. The van der Waals surface area contributed by atoms with Gasteiger partial charge in [-0.15, -0.1) is 0 Å². The fraction of sp³-hybridized carbons (Fsp3) is 0.200. The Labute approximate surface area is 146 Å². The largest absolute Gasteiger partial charge is 0.0617 e. The van der Waals surface area contributed by atoms with Gasteiger partial charge in [0.15, 0.2) is 0 Å². The van der Waals surface area contributed by atoms with Gasteiger partial charge in [-0.05, 0) is 57.4 Å². The predicted molar refractivity (Wildman–Crippen MR) is 100 cm³/mol. The van der Waals surface area contributed by atoms with Gasteiger partial charge in [0.1, 0.15) is 0 Å². The molecule has 2 aromatic rings. The first-order valence-electron chi connectivity index (χ1n) is 9.46. The fourth-order valence-electron chi connectivity index (χ4n) is 7.33. The quantitative estimate of drug-likeness (QED) is 0.642. The molecule has 0 bridgehead atoms. The van der Waals surface area contributed by atoms with Crippen LogP contribution in [0.2, 0.25) is 0 Å². The van der Waals surface area contributed by atoms with Crippen molar-refractivity contribution in [3.8, 4) is 0 Å². The molecule has 0 saturated heterocycles. The van der Waals surface area contributed by atoms with Crippen LogP contribution < -0.4 is 0 Å². The molecular weight excluding hydrogens is 300 g/mol. The third-order valence-corrected chi connectivity index (χ3v) is 7.77. The first-order valence-corrected chi connectivity index (χ1v) is 9.46. The maximum atomic E-state index is 2.44. The molecule has 2 unspecified atom stereocenters. The molecule has 116 valence electrons. The summed E-state index contributed by atoms with van der Waals surface area (Å²) in [5, 5.41) is 0. The van der Waals surface area contributed by atoms with Gasteiger partial charge in [-0.25, -0.2) is 0 Å². The van der Waals surface area contributed by atoms with Gasteiger partial charge in [0.2, 0.25) is 0 Å². The van der Waals surface area contributed by atoms with Gasteiger partial charge >= 0.3 is 0 Å². The second kappa shape index (κ2) is 3.37. The van der Waals surface area contributed by atoms with Crippen LogP contribution in [0.4, 0.5) is 0 Å². The SMILES string of the molecule is C1=C2Cc3cccc4c3C35c6c(cccc6C(=C1)C23)CC1=CC=C4C15. The first kappa shape index (κ1) is 11.9. The molecule has 25 heavy (non-hydrogen) atoms. The molecule has 0 fully saturated rings. The van der Waals surface area contributed by atoms with Crippen molar-refractivity contribution in [2.75, 3.05) is 0 Å². The number of fused-ring (bicyclic) bond motifs is 2. The Morgan fingerprint density at radius 3 is 1.68 bits per heavy atom. The van der Waals surface area contributed by atoms with E-state index in [1.54, 1.807) is 55.7 Å². The lowest BCUT2D eigenvalue weighted by molar-refractivity contribution is 0.368. The lowest BCUT2D eigenvalue weighted by Crippen LogP contribution is -2.44. The molecule has 0 nitrogen and oxygen atoms in total. The van der Waals surface area contributed by atoms with E-state index in [0.717, 1.165) is 12.8 Å². The lowest BCUT2D eigenvalue weighted by atomic mass is 9.54. The third kappa shape index (κ3) is 0.964. The van der Waals surface area contributed by atoms with Crippen LogP contribution in [0.1, 0.15) is 33.4 Å². The first-order chi connectivity index (χ1) is 12.4. The van der Waals surface area contributed by atoms with Crippen LogP contribution in [0.15, 0.2) is 71.8 Å². The van der Waals surface area contributed by atoms with E-state index in [4.69, 9.17) is 0 Å². The van der Waals surface area contributed by atoms with Crippen LogP contribution >= 0.6 is 0 Å². The molecule has 0 heteroatoms. The Balaban J connectivity index is 1.68. The van der Waals surface area contributed by atoms with Gasteiger partial charge in [-0.2, -0.15) is 0 Å². The minimum absolute atomic E-state index is 0.163. The molecule has 6 aliphatic rings. The van der Waals surface area contributed by atoms with E-state index < -0.39 is 0 Å². The average Bonchev–Trinajstić information content (AvgIpc) is 3.36. The fourth-order valence-corrected chi connectivity index (χ4v) is 7.33.